The third-order valence-electron chi connectivity index (χ3n) is 3.91. The molecule has 1 aliphatic heterocycles. The Kier molecular flexibility index (Phi) is 5.66. The fraction of sp³-hybridized carbons (Fsp3) is 0.200. The van der Waals surface area contributed by atoms with E-state index in [-0.39, 0.29) is 5.88 Å². The van der Waals surface area contributed by atoms with E-state index in [1.54, 1.807) is 6.07 Å². The van der Waals surface area contributed by atoms with Crippen LogP contribution in [0.5, 0.6) is 5.88 Å². The summed E-state index contributed by atoms with van der Waals surface area (Å²) in [6.45, 7) is 4.56. The van der Waals surface area contributed by atoms with Gasteiger partial charge in [-0.2, -0.15) is 0 Å². The number of aromatic hydroxyl groups is 1. The summed E-state index contributed by atoms with van der Waals surface area (Å²) in [5, 5.41) is 16.1. The predicted octanol–water partition coefficient (Wildman–Crippen LogP) is 3.23. The fourth-order valence-corrected chi connectivity index (χ4v) is 2.72. The summed E-state index contributed by atoms with van der Waals surface area (Å²) < 4.78 is 0. The molecule has 1 fully saturated rings. The number of aromatic nitrogens is 1. The van der Waals surface area contributed by atoms with Crippen LogP contribution < -0.4 is 10.6 Å². The minimum Gasteiger partial charge on any atom is -0.495 e. The molecule has 2 heterocycles. The van der Waals surface area contributed by atoms with Crippen LogP contribution >= 0.6 is 0 Å². The number of benzene rings is 2. The quantitative estimate of drug-likeness (QED) is 0.586. The second-order valence-electron chi connectivity index (χ2n) is 5.68. The highest BCUT2D eigenvalue weighted by atomic mass is 16.3. The van der Waals surface area contributed by atoms with Crippen molar-refractivity contribution in [1.82, 2.24) is 15.6 Å². The normalized spacial score (nSPS) is 13.8. The van der Waals surface area contributed by atoms with Crippen LogP contribution in [0.3, 0.4) is 0 Å². The molecule has 1 aromatic heterocycles. The van der Waals surface area contributed by atoms with Crippen molar-refractivity contribution >= 4 is 0 Å². The van der Waals surface area contributed by atoms with E-state index in [9.17, 15) is 5.11 Å². The Labute approximate surface area is 142 Å². The predicted molar refractivity (Wildman–Crippen MR) is 99.1 cm³/mol. The first-order chi connectivity index (χ1) is 11.8. The van der Waals surface area contributed by atoms with Crippen molar-refractivity contribution in [2.75, 3.05) is 26.2 Å². The number of H-pyrrole nitrogens is 1. The summed E-state index contributed by atoms with van der Waals surface area (Å²) in [5.41, 5.74) is 4.11. The zero-order valence-corrected chi connectivity index (χ0v) is 13.6. The van der Waals surface area contributed by atoms with Crippen LogP contribution in [0.2, 0.25) is 0 Å². The van der Waals surface area contributed by atoms with Crippen LogP contribution in [0.1, 0.15) is 0 Å². The molecular weight excluding hydrogens is 298 g/mol. The molecule has 3 aromatic rings. The van der Waals surface area contributed by atoms with E-state index in [0.717, 1.165) is 48.6 Å². The Hall–Kier alpha value is -2.56. The maximum absolute atomic E-state index is 9.70. The number of hydrogen-bond donors (Lipinski definition) is 4. The SMILES string of the molecule is C1CNCCN1.Oc1cc(-c2ccccc2)c(-c2ccccc2)[nH]1. The van der Waals surface area contributed by atoms with E-state index in [1.807, 2.05) is 60.7 Å². The summed E-state index contributed by atoms with van der Waals surface area (Å²) in [5.74, 6) is 0.188. The lowest BCUT2D eigenvalue weighted by molar-refractivity contribution is 0.457. The Balaban J connectivity index is 0.000000238. The standard InChI is InChI=1S/C16H13NO.C4H10N2/c18-15-11-14(12-7-3-1-4-8-12)16(17-15)13-9-5-2-6-10-13;1-2-6-4-3-5-1/h1-11,17-18H;5-6H,1-4H2. The van der Waals surface area contributed by atoms with Gasteiger partial charge in [-0.15, -0.1) is 0 Å². The highest BCUT2D eigenvalue weighted by Gasteiger charge is 2.10. The third kappa shape index (κ3) is 4.25. The molecule has 0 aliphatic carbocycles. The third-order valence-corrected chi connectivity index (χ3v) is 3.91. The maximum Gasteiger partial charge on any atom is 0.189 e. The van der Waals surface area contributed by atoms with Gasteiger partial charge >= 0.3 is 0 Å². The maximum atomic E-state index is 9.70. The largest absolute Gasteiger partial charge is 0.495 e. The van der Waals surface area contributed by atoms with Gasteiger partial charge in [-0.3, -0.25) is 0 Å². The van der Waals surface area contributed by atoms with Crippen LogP contribution in [-0.4, -0.2) is 36.3 Å². The lowest BCUT2D eigenvalue weighted by atomic mass is 10.0. The lowest BCUT2D eigenvalue weighted by Crippen LogP contribution is -2.39. The summed E-state index contributed by atoms with van der Waals surface area (Å²) >= 11 is 0. The lowest BCUT2D eigenvalue weighted by Gasteiger charge is -2.11. The minimum absolute atomic E-state index is 0.188. The van der Waals surface area contributed by atoms with Crippen molar-refractivity contribution in [2.24, 2.45) is 0 Å². The van der Waals surface area contributed by atoms with Crippen molar-refractivity contribution in [1.29, 1.82) is 0 Å². The molecule has 4 N–H and O–H groups in total. The number of piperazine rings is 1. The average Bonchev–Trinajstić information content (AvgIpc) is 3.07. The number of aromatic amines is 1. The van der Waals surface area contributed by atoms with Crippen molar-refractivity contribution < 1.29 is 5.11 Å². The molecule has 0 atom stereocenters. The minimum atomic E-state index is 0.188. The molecule has 0 bridgehead atoms. The molecule has 124 valence electrons. The first-order valence-electron chi connectivity index (χ1n) is 8.29. The fourth-order valence-electron chi connectivity index (χ4n) is 2.72. The van der Waals surface area contributed by atoms with Gasteiger partial charge in [0.2, 0.25) is 0 Å². The van der Waals surface area contributed by atoms with E-state index in [2.05, 4.69) is 15.6 Å². The van der Waals surface area contributed by atoms with Gasteiger partial charge in [0.15, 0.2) is 5.88 Å². The molecule has 4 nitrogen and oxygen atoms in total. The van der Waals surface area contributed by atoms with Crippen LogP contribution in [0.15, 0.2) is 66.7 Å². The summed E-state index contributed by atoms with van der Waals surface area (Å²) in [7, 11) is 0. The topological polar surface area (TPSA) is 60.1 Å². The van der Waals surface area contributed by atoms with Crippen LogP contribution in [-0.2, 0) is 0 Å². The summed E-state index contributed by atoms with van der Waals surface area (Å²) in [6.07, 6.45) is 0. The van der Waals surface area contributed by atoms with Crippen molar-refractivity contribution in [3.05, 3.63) is 66.7 Å². The number of hydrogen-bond acceptors (Lipinski definition) is 3. The van der Waals surface area contributed by atoms with Gasteiger partial charge < -0.3 is 20.7 Å². The smallest absolute Gasteiger partial charge is 0.189 e. The Morgan fingerprint density at radius 2 is 1.17 bits per heavy atom. The molecule has 24 heavy (non-hydrogen) atoms. The first kappa shape index (κ1) is 16.3. The first-order valence-corrected chi connectivity index (χ1v) is 8.29. The van der Waals surface area contributed by atoms with Gasteiger partial charge in [0, 0.05) is 37.8 Å². The molecule has 1 aliphatic rings. The van der Waals surface area contributed by atoms with E-state index < -0.39 is 0 Å². The molecule has 0 amide bonds. The molecule has 4 heteroatoms. The van der Waals surface area contributed by atoms with Gasteiger partial charge in [0.05, 0.1) is 5.69 Å². The van der Waals surface area contributed by atoms with Gasteiger partial charge in [-0.1, -0.05) is 60.7 Å². The Bertz CT molecular complexity index is 666. The van der Waals surface area contributed by atoms with Crippen molar-refractivity contribution in [3.63, 3.8) is 0 Å². The van der Waals surface area contributed by atoms with Crippen molar-refractivity contribution in [2.45, 2.75) is 0 Å². The van der Waals surface area contributed by atoms with Gasteiger partial charge in [-0.25, -0.2) is 0 Å². The number of rotatable bonds is 2. The number of nitrogens with one attached hydrogen (secondary N) is 3. The van der Waals surface area contributed by atoms with E-state index >= 15 is 0 Å². The van der Waals surface area contributed by atoms with Crippen LogP contribution in [0.4, 0.5) is 0 Å². The molecule has 4 rings (SSSR count). The zero-order chi connectivity index (χ0) is 16.6. The Morgan fingerprint density at radius 1 is 0.667 bits per heavy atom. The summed E-state index contributed by atoms with van der Waals surface area (Å²) in [6, 6.07) is 21.8. The van der Waals surface area contributed by atoms with Crippen molar-refractivity contribution in [3.8, 4) is 28.3 Å². The molecular formula is C20H23N3O. The molecule has 0 saturated carbocycles. The van der Waals surface area contributed by atoms with E-state index in [0.29, 0.717) is 0 Å². The zero-order valence-electron chi connectivity index (χ0n) is 13.6. The second-order valence-corrected chi connectivity index (χ2v) is 5.68. The molecule has 0 spiro atoms. The highest BCUT2D eigenvalue weighted by Crippen LogP contribution is 2.34. The van der Waals surface area contributed by atoms with Gasteiger partial charge in [-0.05, 0) is 11.1 Å². The van der Waals surface area contributed by atoms with E-state index in [4.69, 9.17) is 0 Å². The monoisotopic (exact) mass is 321 g/mol. The second kappa shape index (κ2) is 8.34. The molecule has 0 unspecified atom stereocenters. The average molecular weight is 321 g/mol. The van der Waals surface area contributed by atoms with Gasteiger partial charge in [0.1, 0.15) is 0 Å². The molecule has 0 radical (unpaired) electrons. The Morgan fingerprint density at radius 3 is 1.67 bits per heavy atom. The highest BCUT2D eigenvalue weighted by molar-refractivity contribution is 5.82. The molecule has 2 aromatic carbocycles. The van der Waals surface area contributed by atoms with Crippen LogP contribution in [0, 0.1) is 0 Å². The van der Waals surface area contributed by atoms with Gasteiger partial charge in [0.25, 0.3) is 0 Å². The molecule has 1 saturated heterocycles. The van der Waals surface area contributed by atoms with E-state index in [1.165, 1.54) is 0 Å². The summed E-state index contributed by atoms with van der Waals surface area (Å²) in [4.78, 5) is 3.01. The van der Waals surface area contributed by atoms with Crippen LogP contribution in [0.25, 0.3) is 22.4 Å².